The van der Waals surface area contributed by atoms with Crippen LogP contribution in [0.1, 0.15) is 18.1 Å². The Kier molecular flexibility index (Phi) is 5.91. The van der Waals surface area contributed by atoms with E-state index in [-0.39, 0.29) is 11.7 Å². The lowest BCUT2D eigenvalue weighted by Gasteiger charge is -2.20. The third-order valence-corrected chi connectivity index (χ3v) is 4.94. The highest BCUT2D eigenvalue weighted by Gasteiger charge is 2.22. The molecular formula is C20H20FN3O2S. The number of hydrogen-bond donors (Lipinski definition) is 0. The number of benzene rings is 2. The zero-order valence-corrected chi connectivity index (χ0v) is 16.2. The number of thioether (sulfide) groups is 1. The van der Waals surface area contributed by atoms with E-state index >= 15 is 0 Å². The van der Waals surface area contributed by atoms with Crippen LogP contribution in [0.25, 0.3) is 11.5 Å². The second-order valence-corrected chi connectivity index (χ2v) is 7.62. The molecule has 0 bridgehead atoms. The number of hydrogen-bond acceptors (Lipinski definition) is 5. The molecule has 0 aliphatic rings. The normalized spacial score (nSPS) is 12.0. The largest absolute Gasteiger partial charge is 0.411 e. The number of amides is 1. The van der Waals surface area contributed by atoms with Crippen LogP contribution in [0.3, 0.4) is 0 Å². The third kappa shape index (κ3) is 4.95. The first-order valence-corrected chi connectivity index (χ1v) is 9.37. The monoisotopic (exact) mass is 385 g/mol. The first-order valence-electron chi connectivity index (χ1n) is 8.49. The second kappa shape index (κ2) is 8.35. The molecule has 1 aromatic heterocycles. The Balaban J connectivity index is 1.61. The molecule has 1 heterocycles. The second-order valence-electron chi connectivity index (χ2n) is 6.32. The van der Waals surface area contributed by atoms with Crippen LogP contribution < -0.4 is 0 Å². The van der Waals surface area contributed by atoms with Gasteiger partial charge in [-0.2, -0.15) is 0 Å². The molecule has 1 amide bonds. The molecule has 0 radical (unpaired) electrons. The van der Waals surface area contributed by atoms with Crippen molar-refractivity contribution in [2.45, 2.75) is 30.9 Å². The molecule has 1 unspecified atom stereocenters. The van der Waals surface area contributed by atoms with Crippen LogP contribution in [0.4, 0.5) is 4.39 Å². The predicted molar refractivity (Wildman–Crippen MR) is 103 cm³/mol. The number of rotatable bonds is 6. The molecule has 2 aromatic carbocycles. The van der Waals surface area contributed by atoms with Gasteiger partial charge in [0, 0.05) is 19.2 Å². The summed E-state index contributed by atoms with van der Waals surface area (Å²) in [5, 5.41) is 8.00. The Morgan fingerprint density at radius 3 is 2.67 bits per heavy atom. The zero-order chi connectivity index (χ0) is 19.4. The van der Waals surface area contributed by atoms with Crippen LogP contribution in [-0.2, 0) is 11.3 Å². The van der Waals surface area contributed by atoms with E-state index in [4.69, 9.17) is 4.42 Å². The molecule has 0 N–H and O–H groups in total. The van der Waals surface area contributed by atoms with Crippen molar-refractivity contribution in [2.75, 3.05) is 7.05 Å². The molecule has 0 fully saturated rings. The molecule has 1 atom stereocenters. The zero-order valence-electron chi connectivity index (χ0n) is 15.3. The van der Waals surface area contributed by atoms with Gasteiger partial charge in [-0.3, -0.25) is 4.79 Å². The summed E-state index contributed by atoms with van der Waals surface area (Å²) in [5.74, 6) is 0.00915. The van der Waals surface area contributed by atoms with E-state index in [9.17, 15) is 9.18 Å². The minimum absolute atomic E-state index is 0.0978. The first kappa shape index (κ1) is 19.1. The fourth-order valence-corrected chi connectivity index (χ4v) is 3.37. The molecule has 5 nitrogen and oxygen atoms in total. The Hall–Kier alpha value is -2.67. The van der Waals surface area contributed by atoms with Crippen LogP contribution in [0.5, 0.6) is 0 Å². The average molecular weight is 385 g/mol. The summed E-state index contributed by atoms with van der Waals surface area (Å²) in [7, 11) is 1.69. The first-order chi connectivity index (χ1) is 12.9. The lowest BCUT2D eigenvalue weighted by molar-refractivity contribution is -0.129. The van der Waals surface area contributed by atoms with E-state index < -0.39 is 5.25 Å². The minimum atomic E-state index is -0.408. The highest BCUT2D eigenvalue weighted by Crippen LogP contribution is 2.27. The van der Waals surface area contributed by atoms with Gasteiger partial charge in [0.2, 0.25) is 11.8 Å². The van der Waals surface area contributed by atoms with Gasteiger partial charge >= 0.3 is 0 Å². The molecule has 7 heteroatoms. The van der Waals surface area contributed by atoms with Gasteiger partial charge in [0.15, 0.2) is 0 Å². The smallest absolute Gasteiger partial charge is 0.277 e. The van der Waals surface area contributed by atoms with Crippen molar-refractivity contribution < 1.29 is 13.6 Å². The van der Waals surface area contributed by atoms with Crippen molar-refractivity contribution >= 4 is 17.7 Å². The Morgan fingerprint density at radius 2 is 1.96 bits per heavy atom. The number of aryl methyl sites for hydroxylation is 1. The van der Waals surface area contributed by atoms with Crippen LogP contribution in [0, 0.1) is 12.7 Å². The maximum atomic E-state index is 13.3. The lowest BCUT2D eigenvalue weighted by atomic mass is 10.1. The summed E-state index contributed by atoms with van der Waals surface area (Å²) < 4.78 is 19.0. The highest BCUT2D eigenvalue weighted by molar-refractivity contribution is 8.00. The quantitative estimate of drug-likeness (QED) is 0.591. The van der Waals surface area contributed by atoms with Crippen LogP contribution in [-0.4, -0.2) is 33.3 Å². The minimum Gasteiger partial charge on any atom is -0.411 e. The maximum absolute atomic E-state index is 13.3. The lowest BCUT2D eigenvalue weighted by Crippen LogP contribution is -2.32. The standard InChI is InChI=1S/C20H20FN3O2S/c1-13-7-9-16(10-8-13)18-22-23-20(26-18)27-14(2)19(25)24(3)12-15-5-4-6-17(21)11-15/h4-11,14H,12H2,1-3H3. The molecular weight excluding hydrogens is 365 g/mol. The average Bonchev–Trinajstić information content (AvgIpc) is 3.10. The van der Waals surface area contributed by atoms with Crippen LogP contribution in [0.15, 0.2) is 58.2 Å². The molecule has 0 saturated carbocycles. The van der Waals surface area contributed by atoms with Gasteiger partial charge in [0.1, 0.15) is 5.82 Å². The number of nitrogens with zero attached hydrogens (tertiary/aromatic N) is 3. The molecule has 0 spiro atoms. The topological polar surface area (TPSA) is 59.2 Å². The van der Waals surface area contributed by atoms with E-state index in [1.54, 1.807) is 31.0 Å². The van der Waals surface area contributed by atoms with Gasteiger partial charge in [-0.15, -0.1) is 10.2 Å². The number of halogens is 1. The summed E-state index contributed by atoms with van der Waals surface area (Å²) >= 11 is 1.21. The Morgan fingerprint density at radius 1 is 1.22 bits per heavy atom. The van der Waals surface area contributed by atoms with Crippen molar-refractivity contribution in [2.24, 2.45) is 0 Å². The summed E-state index contributed by atoms with van der Waals surface area (Å²) in [6, 6.07) is 14.0. The predicted octanol–water partition coefficient (Wildman–Crippen LogP) is 4.32. The van der Waals surface area contributed by atoms with Gasteiger partial charge < -0.3 is 9.32 Å². The van der Waals surface area contributed by atoms with E-state index in [0.29, 0.717) is 17.7 Å². The van der Waals surface area contributed by atoms with Gasteiger partial charge in [-0.25, -0.2) is 4.39 Å². The van der Waals surface area contributed by atoms with Gasteiger partial charge in [-0.05, 0) is 43.7 Å². The molecule has 0 saturated heterocycles. The Bertz CT molecular complexity index is 927. The molecule has 3 aromatic rings. The highest BCUT2D eigenvalue weighted by atomic mass is 32.2. The van der Waals surface area contributed by atoms with Crippen LogP contribution in [0.2, 0.25) is 0 Å². The fourth-order valence-electron chi connectivity index (χ4n) is 2.57. The summed E-state index contributed by atoms with van der Waals surface area (Å²) in [5.41, 5.74) is 2.72. The molecule has 0 aliphatic heterocycles. The van der Waals surface area contributed by atoms with Crippen molar-refractivity contribution in [1.29, 1.82) is 0 Å². The molecule has 140 valence electrons. The fraction of sp³-hybridized carbons (Fsp3) is 0.250. The van der Waals surface area contributed by atoms with E-state index in [1.165, 1.54) is 23.9 Å². The Labute approximate surface area is 161 Å². The van der Waals surface area contributed by atoms with E-state index in [0.717, 1.165) is 16.7 Å². The molecule has 3 rings (SSSR count). The third-order valence-electron chi connectivity index (χ3n) is 4.02. The van der Waals surface area contributed by atoms with Gasteiger partial charge in [-0.1, -0.05) is 41.6 Å². The van der Waals surface area contributed by atoms with Crippen molar-refractivity contribution in [3.05, 3.63) is 65.5 Å². The summed E-state index contributed by atoms with van der Waals surface area (Å²) in [6.45, 7) is 4.12. The van der Waals surface area contributed by atoms with Crippen molar-refractivity contribution in [3.63, 3.8) is 0 Å². The van der Waals surface area contributed by atoms with Crippen LogP contribution >= 0.6 is 11.8 Å². The number of aromatic nitrogens is 2. The van der Waals surface area contributed by atoms with E-state index in [2.05, 4.69) is 10.2 Å². The van der Waals surface area contributed by atoms with Crippen molar-refractivity contribution in [3.8, 4) is 11.5 Å². The summed E-state index contributed by atoms with van der Waals surface area (Å²) in [6.07, 6.45) is 0. The van der Waals surface area contributed by atoms with Crippen molar-refractivity contribution in [1.82, 2.24) is 15.1 Å². The molecule has 27 heavy (non-hydrogen) atoms. The van der Waals surface area contributed by atoms with E-state index in [1.807, 2.05) is 31.2 Å². The van der Waals surface area contributed by atoms with Gasteiger partial charge in [0.05, 0.1) is 5.25 Å². The number of carbonyl (C=O) groups is 1. The van der Waals surface area contributed by atoms with Gasteiger partial charge in [0.25, 0.3) is 5.22 Å². The molecule has 0 aliphatic carbocycles. The summed E-state index contributed by atoms with van der Waals surface area (Å²) in [4.78, 5) is 14.1. The SMILES string of the molecule is Cc1ccc(-c2nnc(SC(C)C(=O)N(C)Cc3cccc(F)c3)o2)cc1. The number of carbonyl (C=O) groups excluding carboxylic acids is 1. The maximum Gasteiger partial charge on any atom is 0.277 e.